The van der Waals surface area contributed by atoms with Crippen LogP contribution in [0.4, 0.5) is 0 Å². The van der Waals surface area contributed by atoms with Crippen LogP contribution in [0.2, 0.25) is 0 Å². The number of ether oxygens (including phenoxy) is 3. The van der Waals surface area contributed by atoms with Gasteiger partial charge in [-0.3, -0.25) is 4.79 Å². The number of benzene rings is 3. The summed E-state index contributed by atoms with van der Waals surface area (Å²) < 4.78 is 16.1. The molecule has 7 nitrogen and oxygen atoms in total. The van der Waals surface area contributed by atoms with E-state index < -0.39 is 29.3 Å². The Hall–Kier alpha value is -4.13. The van der Waals surface area contributed by atoms with Gasteiger partial charge in [-0.25, -0.2) is 9.59 Å². The van der Waals surface area contributed by atoms with Crippen molar-refractivity contribution in [3.63, 3.8) is 0 Å². The molecule has 0 unspecified atom stereocenters. The smallest absolute Gasteiger partial charge is 0.349 e. The van der Waals surface area contributed by atoms with Gasteiger partial charge in [0.05, 0.1) is 13.7 Å². The van der Waals surface area contributed by atoms with Crippen molar-refractivity contribution in [2.24, 2.45) is 0 Å². The fourth-order valence-electron chi connectivity index (χ4n) is 4.51. The number of amides is 1. The molecule has 0 aromatic heterocycles. The van der Waals surface area contributed by atoms with Crippen molar-refractivity contribution in [2.75, 3.05) is 13.7 Å². The van der Waals surface area contributed by atoms with E-state index in [1.807, 2.05) is 43.3 Å². The highest BCUT2D eigenvalue weighted by Gasteiger charge is 2.59. The van der Waals surface area contributed by atoms with Crippen LogP contribution in [0.3, 0.4) is 0 Å². The third-order valence-corrected chi connectivity index (χ3v) is 6.44. The molecule has 2 atom stereocenters. The van der Waals surface area contributed by atoms with Gasteiger partial charge in [0.1, 0.15) is 11.5 Å². The Labute approximate surface area is 210 Å². The molecule has 186 valence electrons. The second kappa shape index (κ2) is 10.6. The molecule has 4 rings (SSSR count). The molecular formula is C29H29NO6. The molecule has 3 aromatic carbocycles. The lowest BCUT2D eigenvalue weighted by atomic mass is 9.73. The van der Waals surface area contributed by atoms with Crippen molar-refractivity contribution in [2.45, 2.75) is 38.1 Å². The third kappa shape index (κ3) is 4.82. The van der Waals surface area contributed by atoms with E-state index in [-0.39, 0.29) is 12.2 Å². The highest BCUT2D eigenvalue weighted by Crippen LogP contribution is 2.44. The highest BCUT2D eigenvalue weighted by molar-refractivity contribution is 6.12. The highest BCUT2D eigenvalue weighted by atomic mass is 16.6. The van der Waals surface area contributed by atoms with Crippen LogP contribution in [0.1, 0.15) is 46.3 Å². The van der Waals surface area contributed by atoms with E-state index in [1.54, 1.807) is 43.3 Å². The minimum Gasteiger partial charge on any atom is -0.497 e. The van der Waals surface area contributed by atoms with E-state index in [1.165, 1.54) is 7.11 Å². The fraction of sp³-hybridized carbons (Fsp3) is 0.276. The number of para-hydroxylation sites is 1. The van der Waals surface area contributed by atoms with Crippen LogP contribution in [-0.4, -0.2) is 37.1 Å². The second-order valence-corrected chi connectivity index (χ2v) is 8.72. The zero-order valence-electron chi connectivity index (χ0n) is 20.6. The zero-order valence-corrected chi connectivity index (χ0v) is 20.6. The summed E-state index contributed by atoms with van der Waals surface area (Å²) in [6, 6.07) is 21.5. The number of carbonyl (C=O) groups is 3. The molecule has 0 spiro atoms. The van der Waals surface area contributed by atoms with Crippen LogP contribution in [0.15, 0.2) is 72.8 Å². The number of hydrogen-bond acceptors (Lipinski definition) is 6. The van der Waals surface area contributed by atoms with Gasteiger partial charge < -0.3 is 19.5 Å². The zero-order chi connectivity index (χ0) is 25.7. The van der Waals surface area contributed by atoms with E-state index in [9.17, 15) is 14.4 Å². The normalized spacial score (nSPS) is 18.5. The van der Waals surface area contributed by atoms with E-state index in [4.69, 9.17) is 14.2 Å². The minimum absolute atomic E-state index is 0.0403. The molecule has 0 saturated carbocycles. The van der Waals surface area contributed by atoms with E-state index in [2.05, 4.69) is 5.32 Å². The van der Waals surface area contributed by atoms with Crippen LogP contribution in [0, 0.1) is 6.92 Å². The fourth-order valence-corrected chi connectivity index (χ4v) is 4.51. The largest absolute Gasteiger partial charge is 0.497 e. The molecule has 1 heterocycles. The van der Waals surface area contributed by atoms with Crippen LogP contribution in [0.25, 0.3) is 0 Å². The van der Waals surface area contributed by atoms with Gasteiger partial charge in [0.15, 0.2) is 0 Å². The maximum Gasteiger partial charge on any atom is 0.349 e. The Bertz CT molecular complexity index is 1250. The Kier molecular flexibility index (Phi) is 7.38. The second-order valence-electron chi connectivity index (χ2n) is 8.72. The molecule has 3 aromatic rings. The average Bonchev–Trinajstić information content (AvgIpc) is 2.89. The molecular weight excluding hydrogens is 458 g/mol. The summed E-state index contributed by atoms with van der Waals surface area (Å²) in [5.74, 6) is -2.07. The number of methoxy groups -OCH3 is 1. The molecule has 0 saturated heterocycles. The number of carbonyl (C=O) groups excluding carboxylic acids is 3. The predicted octanol–water partition coefficient (Wildman–Crippen LogP) is 4.37. The summed E-state index contributed by atoms with van der Waals surface area (Å²) in [5.41, 5.74) is 1.07. The quantitative estimate of drug-likeness (QED) is 0.288. The molecule has 1 amide bonds. The first-order valence-corrected chi connectivity index (χ1v) is 11.9. The van der Waals surface area contributed by atoms with Gasteiger partial charge in [-0.1, -0.05) is 48.0 Å². The SMILES string of the molecule is CCOC(=O)[C@]1(NC(=O)c2ccc(OC)cc2)C(=O)Oc2ccccc2[C@@H]1CCc1ccc(C)cc1. The summed E-state index contributed by atoms with van der Waals surface area (Å²) >= 11 is 0. The van der Waals surface area contributed by atoms with Gasteiger partial charge in [-0.05, 0) is 62.6 Å². The van der Waals surface area contributed by atoms with Crippen molar-refractivity contribution >= 4 is 17.8 Å². The lowest BCUT2D eigenvalue weighted by Crippen LogP contribution is -2.67. The number of esters is 2. The van der Waals surface area contributed by atoms with Gasteiger partial charge in [-0.15, -0.1) is 0 Å². The molecule has 0 radical (unpaired) electrons. The van der Waals surface area contributed by atoms with Crippen molar-refractivity contribution in [1.82, 2.24) is 5.32 Å². The third-order valence-electron chi connectivity index (χ3n) is 6.44. The van der Waals surface area contributed by atoms with Gasteiger partial charge >= 0.3 is 11.9 Å². The van der Waals surface area contributed by atoms with Gasteiger partial charge in [0, 0.05) is 17.0 Å². The summed E-state index contributed by atoms with van der Waals surface area (Å²) in [5, 5.41) is 2.73. The van der Waals surface area contributed by atoms with Gasteiger partial charge in [0.2, 0.25) is 5.54 Å². The number of rotatable bonds is 8. The Morgan fingerprint density at radius 3 is 2.36 bits per heavy atom. The summed E-state index contributed by atoms with van der Waals surface area (Å²) in [6.45, 7) is 3.70. The number of hydrogen-bond donors (Lipinski definition) is 1. The number of nitrogens with one attached hydrogen (secondary N) is 1. The van der Waals surface area contributed by atoms with E-state index in [0.29, 0.717) is 29.9 Å². The van der Waals surface area contributed by atoms with Crippen molar-refractivity contribution < 1.29 is 28.6 Å². The molecule has 0 bridgehead atoms. The lowest BCUT2D eigenvalue weighted by molar-refractivity contribution is -0.164. The van der Waals surface area contributed by atoms with Crippen LogP contribution >= 0.6 is 0 Å². The van der Waals surface area contributed by atoms with Gasteiger partial charge in [-0.2, -0.15) is 0 Å². The Morgan fingerprint density at radius 2 is 1.69 bits per heavy atom. The maximum atomic E-state index is 13.6. The summed E-state index contributed by atoms with van der Waals surface area (Å²) in [4.78, 5) is 40.5. The van der Waals surface area contributed by atoms with E-state index >= 15 is 0 Å². The van der Waals surface area contributed by atoms with Crippen LogP contribution < -0.4 is 14.8 Å². The number of fused-ring (bicyclic) bond motifs is 1. The van der Waals surface area contributed by atoms with Crippen molar-refractivity contribution in [3.05, 3.63) is 95.1 Å². The molecule has 1 aliphatic heterocycles. The first kappa shape index (κ1) is 25.0. The molecule has 7 heteroatoms. The van der Waals surface area contributed by atoms with Crippen LogP contribution in [-0.2, 0) is 20.7 Å². The lowest BCUT2D eigenvalue weighted by Gasteiger charge is -2.41. The van der Waals surface area contributed by atoms with Crippen molar-refractivity contribution in [1.29, 1.82) is 0 Å². The molecule has 1 aliphatic rings. The monoisotopic (exact) mass is 487 g/mol. The number of aryl methyl sites for hydroxylation is 2. The Balaban J connectivity index is 1.77. The maximum absolute atomic E-state index is 13.6. The summed E-state index contributed by atoms with van der Waals surface area (Å²) in [7, 11) is 1.53. The van der Waals surface area contributed by atoms with E-state index in [0.717, 1.165) is 11.1 Å². The minimum atomic E-state index is -2.05. The Morgan fingerprint density at radius 1 is 1.00 bits per heavy atom. The topological polar surface area (TPSA) is 90.9 Å². The standard InChI is InChI=1S/C29H29NO6/c1-4-35-27(32)29(30-26(31)21-14-16-22(34-3)17-15-21)24(18-13-20-11-9-19(2)10-12-20)23-7-5-6-8-25(23)36-28(29)33/h5-12,14-17,24H,4,13,18H2,1-3H3,(H,30,31)/t24-,29-/m0/s1. The van der Waals surface area contributed by atoms with Gasteiger partial charge in [0.25, 0.3) is 5.91 Å². The molecule has 36 heavy (non-hydrogen) atoms. The first-order valence-electron chi connectivity index (χ1n) is 11.9. The summed E-state index contributed by atoms with van der Waals surface area (Å²) in [6.07, 6.45) is 0.975. The van der Waals surface area contributed by atoms with Crippen molar-refractivity contribution in [3.8, 4) is 11.5 Å². The van der Waals surface area contributed by atoms with Crippen LogP contribution in [0.5, 0.6) is 11.5 Å². The predicted molar refractivity (Wildman–Crippen MR) is 134 cm³/mol. The molecule has 1 N–H and O–H groups in total. The molecule has 0 fully saturated rings. The molecule has 0 aliphatic carbocycles. The first-order chi connectivity index (χ1) is 17.4. The average molecular weight is 488 g/mol.